The third kappa shape index (κ3) is 1.07. The van der Waals surface area contributed by atoms with E-state index in [9.17, 15) is 4.79 Å². The van der Waals surface area contributed by atoms with E-state index in [1.165, 1.54) is 6.92 Å². The van der Waals surface area contributed by atoms with Crippen molar-refractivity contribution in [3.63, 3.8) is 0 Å². The lowest BCUT2D eigenvalue weighted by molar-refractivity contribution is 0.101. The van der Waals surface area contributed by atoms with E-state index >= 15 is 0 Å². The minimum atomic E-state index is 0.0173. The van der Waals surface area contributed by atoms with Crippen LogP contribution in [-0.4, -0.2) is 15.3 Å². The number of hydrogen-bond acceptors (Lipinski definition) is 2. The molecule has 54 valence electrons. The van der Waals surface area contributed by atoms with Gasteiger partial charge in [-0.05, 0) is 6.92 Å². The van der Waals surface area contributed by atoms with E-state index in [1.807, 2.05) is 18.5 Å². The van der Waals surface area contributed by atoms with E-state index in [0.29, 0.717) is 5.69 Å². The Balaban J connectivity index is 3.10. The van der Waals surface area contributed by atoms with Crippen molar-refractivity contribution in [1.29, 1.82) is 0 Å². The zero-order valence-electron chi connectivity index (χ0n) is 6.38. The fourth-order valence-electron chi connectivity index (χ4n) is 0.729. The molecule has 3 nitrogen and oxygen atoms in total. The summed E-state index contributed by atoms with van der Waals surface area (Å²) >= 11 is 0. The molecule has 0 atom stereocenters. The van der Waals surface area contributed by atoms with Crippen LogP contribution in [0.15, 0.2) is 6.20 Å². The van der Waals surface area contributed by atoms with Gasteiger partial charge in [-0.2, -0.15) is 0 Å². The second kappa shape index (κ2) is 2.25. The number of ketones is 1. The molecule has 0 aliphatic rings. The Morgan fingerprint density at radius 3 is 2.50 bits per heavy atom. The summed E-state index contributed by atoms with van der Waals surface area (Å²) in [5.41, 5.74) is 0.542. The molecule has 0 amide bonds. The van der Waals surface area contributed by atoms with Gasteiger partial charge in [0.25, 0.3) is 0 Å². The molecular formula is C7H10N2O. The lowest BCUT2D eigenvalue weighted by Crippen LogP contribution is -1.90. The van der Waals surface area contributed by atoms with Gasteiger partial charge in [0.15, 0.2) is 5.78 Å². The van der Waals surface area contributed by atoms with Gasteiger partial charge in [-0.25, -0.2) is 4.98 Å². The third-order valence-corrected chi connectivity index (χ3v) is 1.47. The number of carbonyl (C=O) groups is 1. The second-order valence-corrected chi connectivity index (χ2v) is 2.34. The van der Waals surface area contributed by atoms with E-state index in [-0.39, 0.29) is 5.78 Å². The summed E-state index contributed by atoms with van der Waals surface area (Å²) in [6.45, 7) is 3.38. The predicted octanol–water partition coefficient (Wildman–Crippen LogP) is 0.931. The van der Waals surface area contributed by atoms with E-state index < -0.39 is 0 Å². The Morgan fingerprint density at radius 2 is 2.30 bits per heavy atom. The third-order valence-electron chi connectivity index (χ3n) is 1.47. The summed E-state index contributed by atoms with van der Waals surface area (Å²) in [7, 11) is 1.87. The molecule has 3 heteroatoms. The Bertz CT molecular complexity index is 243. The number of Topliss-reactive ketones (excluding diaryl/α,β-unsaturated/α-hetero) is 1. The van der Waals surface area contributed by atoms with Gasteiger partial charge in [0.05, 0.1) is 0 Å². The van der Waals surface area contributed by atoms with Gasteiger partial charge in [0, 0.05) is 20.2 Å². The van der Waals surface area contributed by atoms with Crippen LogP contribution in [0.4, 0.5) is 0 Å². The van der Waals surface area contributed by atoms with E-state index in [2.05, 4.69) is 4.98 Å². The van der Waals surface area contributed by atoms with Crippen LogP contribution in [0.2, 0.25) is 0 Å². The lowest BCUT2D eigenvalue weighted by Gasteiger charge is -1.87. The van der Waals surface area contributed by atoms with Gasteiger partial charge >= 0.3 is 0 Å². The van der Waals surface area contributed by atoms with Gasteiger partial charge < -0.3 is 4.57 Å². The highest BCUT2D eigenvalue weighted by atomic mass is 16.1. The molecule has 0 saturated carbocycles. The van der Waals surface area contributed by atoms with Crippen molar-refractivity contribution in [2.24, 2.45) is 7.05 Å². The van der Waals surface area contributed by atoms with E-state index in [4.69, 9.17) is 0 Å². The molecule has 10 heavy (non-hydrogen) atoms. The molecular weight excluding hydrogens is 128 g/mol. The number of hydrogen-bond donors (Lipinski definition) is 0. The first-order chi connectivity index (χ1) is 4.61. The molecule has 1 heterocycles. The number of nitrogens with zero attached hydrogens (tertiary/aromatic N) is 2. The summed E-state index contributed by atoms with van der Waals surface area (Å²) in [5, 5.41) is 0. The maximum atomic E-state index is 10.7. The second-order valence-electron chi connectivity index (χ2n) is 2.34. The number of aromatic nitrogens is 2. The van der Waals surface area contributed by atoms with Crippen molar-refractivity contribution in [2.75, 3.05) is 0 Å². The maximum absolute atomic E-state index is 10.7. The standard InChI is InChI=1S/C7H10N2O/c1-5(10)7-4-9(3)6(2)8-7/h4H,1-3H3. The van der Waals surface area contributed by atoms with Crippen LogP contribution >= 0.6 is 0 Å². The van der Waals surface area contributed by atoms with Crippen LogP contribution in [0, 0.1) is 6.92 Å². The topological polar surface area (TPSA) is 34.9 Å². The molecule has 1 aromatic rings. The molecule has 0 radical (unpaired) electrons. The highest BCUT2D eigenvalue weighted by molar-refractivity contribution is 5.91. The highest BCUT2D eigenvalue weighted by Gasteiger charge is 2.03. The lowest BCUT2D eigenvalue weighted by atomic mass is 10.3. The number of imidazole rings is 1. The van der Waals surface area contributed by atoms with Crippen LogP contribution in [0.5, 0.6) is 0 Å². The molecule has 0 unspecified atom stereocenters. The Labute approximate surface area is 59.7 Å². The van der Waals surface area contributed by atoms with Gasteiger partial charge in [0.2, 0.25) is 0 Å². The van der Waals surface area contributed by atoms with E-state index in [1.54, 1.807) is 6.20 Å². The first kappa shape index (κ1) is 6.99. The van der Waals surface area contributed by atoms with Crippen molar-refractivity contribution < 1.29 is 4.79 Å². The summed E-state index contributed by atoms with van der Waals surface area (Å²) in [6, 6.07) is 0. The Morgan fingerprint density at radius 1 is 1.70 bits per heavy atom. The van der Waals surface area contributed by atoms with Crippen LogP contribution in [-0.2, 0) is 7.05 Å². The molecule has 0 saturated heterocycles. The monoisotopic (exact) mass is 138 g/mol. The van der Waals surface area contributed by atoms with Crippen LogP contribution in [0.25, 0.3) is 0 Å². The fraction of sp³-hybridized carbons (Fsp3) is 0.429. The number of rotatable bonds is 1. The number of aryl methyl sites for hydroxylation is 2. The highest BCUT2D eigenvalue weighted by Crippen LogP contribution is 1.99. The van der Waals surface area contributed by atoms with Crippen molar-refractivity contribution in [2.45, 2.75) is 13.8 Å². The summed E-state index contributed by atoms with van der Waals surface area (Å²) in [5.74, 6) is 0.883. The van der Waals surface area contributed by atoms with Crippen molar-refractivity contribution in [3.8, 4) is 0 Å². The first-order valence-corrected chi connectivity index (χ1v) is 3.12. The van der Waals surface area contributed by atoms with Crippen molar-refractivity contribution in [1.82, 2.24) is 9.55 Å². The quantitative estimate of drug-likeness (QED) is 0.541. The molecule has 0 aliphatic heterocycles. The molecule has 0 aromatic carbocycles. The fourth-order valence-corrected chi connectivity index (χ4v) is 0.729. The minimum absolute atomic E-state index is 0.0173. The van der Waals surface area contributed by atoms with Crippen LogP contribution < -0.4 is 0 Å². The molecule has 0 spiro atoms. The molecule has 1 aromatic heterocycles. The smallest absolute Gasteiger partial charge is 0.179 e. The Kier molecular flexibility index (Phi) is 1.57. The maximum Gasteiger partial charge on any atom is 0.179 e. The largest absolute Gasteiger partial charge is 0.337 e. The molecule has 0 N–H and O–H groups in total. The summed E-state index contributed by atoms with van der Waals surface area (Å²) < 4.78 is 1.83. The minimum Gasteiger partial charge on any atom is -0.337 e. The zero-order valence-corrected chi connectivity index (χ0v) is 6.38. The summed E-state index contributed by atoms with van der Waals surface area (Å²) in [4.78, 5) is 14.8. The molecule has 0 bridgehead atoms. The van der Waals surface area contributed by atoms with Gasteiger partial charge in [-0.3, -0.25) is 4.79 Å². The van der Waals surface area contributed by atoms with Crippen LogP contribution in [0.1, 0.15) is 23.2 Å². The first-order valence-electron chi connectivity index (χ1n) is 3.12. The average Bonchev–Trinajstić information content (AvgIpc) is 2.13. The number of carbonyl (C=O) groups excluding carboxylic acids is 1. The van der Waals surface area contributed by atoms with Gasteiger partial charge in [-0.1, -0.05) is 0 Å². The van der Waals surface area contributed by atoms with Crippen molar-refractivity contribution >= 4 is 5.78 Å². The summed E-state index contributed by atoms with van der Waals surface area (Å²) in [6.07, 6.45) is 1.73. The zero-order chi connectivity index (χ0) is 7.72. The molecule has 1 rings (SSSR count). The van der Waals surface area contributed by atoms with E-state index in [0.717, 1.165) is 5.82 Å². The van der Waals surface area contributed by atoms with Gasteiger partial charge in [-0.15, -0.1) is 0 Å². The molecule has 0 aliphatic carbocycles. The Hall–Kier alpha value is -1.12. The van der Waals surface area contributed by atoms with Gasteiger partial charge in [0.1, 0.15) is 11.5 Å². The average molecular weight is 138 g/mol. The predicted molar refractivity (Wildman–Crippen MR) is 37.9 cm³/mol. The molecule has 0 fully saturated rings. The SMILES string of the molecule is CC(=O)c1cn(C)c(C)n1. The normalized spacial score (nSPS) is 9.90. The van der Waals surface area contributed by atoms with Crippen LogP contribution in [0.3, 0.4) is 0 Å². The van der Waals surface area contributed by atoms with Crippen molar-refractivity contribution in [3.05, 3.63) is 17.7 Å².